The molecule has 2 nitrogen and oxygen atoms in total. The quantitative estimate of drug-likeness (QED) is 0.817. The van der Waals surface area contributed by atoms with Crippen LogP contribution in [0.2, 0.25) is 0 Å². The van der Waals surface area contributed by atoms with Crippen LogP contribution in [0.1, 0.15) is 37.0 Å². The number of aryl methyl sites for hydroxylation is 1. The number of aliphatic hydroxyl groups is 1. The number of hydrogen-bond acceptors (Lipinski definition) is 2. The van der Waals surface area contributed by atoms with Crippen LogP contribution in [0.15, 0.2) is 54.6 Å². The molecule has 0 amide bonds. The van der Waals surface area contributed by atoms with E-state index in [0.717, 1.165) is 30.5 Å². The van der Waals surface area contributed by atoms with Crippen molar-refractivity contribution in [1.29, 1.82) is 0 Å². The standard InChI is InChI=1S/C19H25NO/c1-3-4-14-20(17-11-6-5-7-12-17)15-19(21)18-13-9-8-10-16(18)2/h5-13,19,21H,3-4,14-15H2,1-2H3. The topological polar surface area (TPSA) is 23.5 Å². The van der Waals surface area contributed by atoms with Crippen molar-refractivity contribution in [3.8, 4) is 0 Å². The zero-order valence-electron chi connectivity index (χ0n) is 13.0. The van der Waals surface area contributed by atoms with Gasteiger partial charge in [-0.1, -0.05) is 55.8 Å². The summed E-state index contributed by atoms with van der Waals surface area (Å²) in [6.45, 7) is 5.86. The van der Waals surface area contributed by atoms with Crippen molar-refractivity contribution < 1.29 is 5.11 Å². The monoisotopic (exact) mass is 283 g/mol. The van der Waals surface area contributed by atoms with Crippen molar-refractivity contribution in [3.05, 3.63) is 65.7 Å². The molecule has 0 spiro atoms. The van der Waals surface area contributed by atoms with Gasteiger partial charge in [-0.3, -0.25) is 0 Å². The van der Waals surface area contributed by atoms with Crippen LogP contribution in [-0.4, -0.2) is 18.2 Å². The highest BCUT2D eigenvalue weighted by atomic mass is 16.3. The van der Waals surface area contributed by atoms with Gasteiger partial charge in [0.1, 0.15) is 0 Å². The molecule has 0 saturated heterocycles. The molecular formula is C19H25NO. The first kappa shape index (κ1) is 15.6. The first-order valence-corrected chi connectivity index (χ1v) is 7.76. The summed E-state index contributed by atoms with van der Waals surface area (Å²) in [6.07, 6.45) is 1.84. The Bertz CT molecular complexity index is 538. The van der Waals surface area contributed by atoms with Gasteiger partial charge < -0.3 is 10.0 Å². The van der Waals surface area contributed by atoms with Gasteiger partial charge in [0.2, 0.25) is 0 Å². The van der Waals surface area contributed by atoms with Gasteiger partial charge in [-0.2, -0.15) is 0 Å². The lowest BCUT2D eigenvalue weighted by Crippen LogP contribution is -2.29. The molecule has 0 radical (unpaired) electrons. The van der Waals surface area contributed by atoms with Gasteiger partial charge in [0.05, 0.1) is 6.10 Å². The number of anilines is 1. The minimum absolute atomic E-state index is 0.455. The van der Waals surface area contributed by atoms with Crippen LogP contribution in [0, 0.1) is 6.92 Å². The summed E-state index contributed by atoms with van der Waals surface area (Å²) in [5.74, 6) is 0. The van der Waals surface area contributed by atoms with Crippen LogP contribution in [-0.2, 0) is 0 Å². The predicted molar refractivity (Wildman–Crippen MR) is 89.7 cm³/mol. The summed E-state index contributed by atoms with van der Waals surface area (Å²) in [4.78, 5) is 2.28. The molecule has 0 aliphatic carbocycles. The fraction of sp³-hybridized carbons (Fsp3) is 0.368. The molecule has 2 heteroatoms. The van der Waals surface area contributed by atoms with E-state index in [0.29, 0.717) is 6.54 Å². The molecule has 2 aromatic carbocycles. The molecule has 0 aromatic heterocycles. The van der Waals surface area contributed by atoms with Gasteiger partial charge in [-0.15, -0.1) is 0 Å². The average Bonchev–Trinajstić information content (AvgIpc) is 2.52. The molecule has 1 unspecified atom stereocenters. The Morgan fingerprint density at radius 2 is 1.67 bits per heavy atom. The number of nitrogens with zero attached hydrogens (tertiary/aromatic N) is 1. The maximum atomic E-state index is 10.6. The number of rotatable bonds is 7. The molecule has 0 aliphatic rings. The first-order chi connectivity index (χ1) is 10.2. The van der Waals surface area contributed by atoms with Gasteiger partial charge in [-0.25, -0.2) is 0 Å². The summed E-state index contributed by atoms with van der Waals surface area (Å²) >= 11 is 0. The van der Waals surface area contributed by atoms with E-state index in [-0.39, 0.29) is 0 Å². The van der Waals surface area contributed by atoms with Crippen LogP contribution < -0.4 is 4.90 Å². The number of hydrogen-bond donors (Lipinski definition) is 1. The molecule has 112 valence electrons. The summed E-state index contributed by atoms with van der Waals surface area (Å²) in [5, 5.41) is 10.6. The molecule has 0 heterocycles. The van der Waals surface area contributed by atoms with Crippen molar-refractivity contribution in [2.24, 2.45) is 0 Å². The van der Waals surface area contributed by atoms with E-state index in [1.165, 1.54) is 5.69 Å². The number of para-hydroxylation sites is 1. The van der Waals surface area contributed by atoms with Crippen LogP contribution in [0.25, 0.3) is 0 Å². The van der Waals surface area contributed by atoms with Crippen molar-refractivity contribution >= 4 is 5.69 Å². The highest BCUT2D eigenvalue weighted by molar-refractivity contribution is 5.46. The van der Waals surface area contributed by atoms with Crippen molar-refractivity contribution in [2.75, 3.05) is 18.0 Å². The largest absolute Gasteiger partial charge is 0.387 e. The Balaban J connectivity index is 2.13. The Morgan fingerprint density at radius 3 is 2.33 bits per heavy atom. The molecule has 1 atom stereocenters. The van der Waals surface area contributed by atoms with Crippen LogP contribution in [0.5, 0.6) is 0 Å². The summed E-state index contributed by atoms with van der Waals surface area (Å²) in [5.41, 5.74) is 3.35. The van der Waals surface area contributed by atoms with E-state index in [4.69, 9.17) is 0 Å². The molecular weight excluding hydrogens is 258 g/mol. The van der Waals surface area contributed by atoms with E-state index < -0.39 is 6.10 Å². The SMILES string of the molecule is CCCCN(CC(O)c1ccccc1C)c1ccccc1. The second-order valence-corrected chi connectivity index (χ2v) is 5.51. The minimum Gasteiger partial charge on any atom is -0.387 e. The minimum atomic E-state index is -0.455. The number of aliphatic hydroxyl groups excluding tert-OH is 1. The third-order valence-corrected chi connectivity index (χ3v) is 3.84. The molecule has 1 N–H and O–H groups in total. The normalized spacial score (nSPS) is 12.1. The molecule has 2 aromatic rings. The van der Waals surface area contributed by atoms with Crippen molar-refractivity contribution in [2.45, 2.75) is 32.8 Å². The number of unbranched alkanes of at least 4 members (excludes halogenated alkanes) is 1. The third kappa shape index (κ3) is 4.33. The average molecular weight is 283 g/mol. The van der Waals surface area contributed by atoms with Crippen LogP contribution >= 0.6 is 0 Å². The highest BCUT2D eigenvalue weighted by Gasteiger charge is 2.15. The molecule has 0 fully saturated rings. The fourth-order valence-corrected chi connectivity index (χ4v) is 2.58. The first-order valence-electron chi connectivity index (χ1n) is 7.76. The summed E-state index contributed by atoms with van der Waals surface area (Å²) in [7, 11) is 0. The Morgan fingerprint density at radius 1 is 1.00 bits per heavy atom. The van der Waals surface area contributed by atoms with E-state index >= 15 is 0 Å². The van der Waals surface area contributed by atoms with E-state index in [9.17, 15) is 5.11 Å². The maximum Gasteiger partial charge on any atom is 0.0967 e. The molecule has 2 rings (SSSR count). The smallest absolute Gasteiger partial charge is 0.0967 e. The van der Waals surface area contributed by atoms with E-state index in [1.807, 2.05) is 24.3 Å². The van der Waals surface area contributed by atoms with Gasteiger partial charge >= 0.3 is 0 Å². The van der Waals surface area contributed by atoms with Gasteiger partial charge in [0.15, 0.2) is 0 Å². The molecule has 0 aliphatic heterocycles. The highest BCUT2D eigenvalue weighted by Crippen LogP contribution is 2.22. The van der Waals surface area contributed by atoms with Crippen molar-refractivity contribution in [1.82, 2.24) is 0 Å². The lowest BCUT2D eigenvalue weighted by atomic mass is 10.0. The third-order valence-electron chi connectivity index (χ3n) is 3.84. The zero-order valence-corrected chi connectivity index (χ0v) is 13.0. The summed E-state index contributed by atoms with van der Waals surface area (Å²) < 4.78 is 0. The van der Waals surface area contributed by atoms with Gasteiger partial charge in [-0.05, 0) is 36.6 Å². The van der Waals surface area contributed by atoms with Gasteiger partial charge in [0, 0.05) is 18.8 Å². The Kier molecular flexibility index (Phi) is 5.82. The van der Waals surface area contributed by atoms with Crippen LogP contribution in [0.4, 0.5) is 5.69 Å². The van der Waals surface area contributed by atoms with Crippen LogP contribution in [0.3, 0.4) is 0 Å². The molecule has 0 bridgehead atoms. The summed E-state index contributed by atoms with van der Waals surface area (Å²) in [6, 6.07) is 18.4. The fourth-order valence-electron chi connectivity index (χ4n) is 2.58. The Labute approximate surface area is 128 Å². The zero-order chi connectivity index (χ0) is 15.1. The lowest BCUT2D eigenvalue weighted by molar-refractivity contribution is 0.182. The maximum absolute atomic E-state index is 10.6. The Hall–Kier alpha value is -1.80. The van der Waals surface area contributed by atoms with E-state index in [2.05, 4.69) is 49.1 Å². The molecule has 0 saturated carbocycles. The van der Waals surface area contributed by atoms with Crippen molar-refractivity contribution in [3.63, 3.8) is 0 Å². The second-order valence-electron chi connectivity index (χ2n) is 5.51. The second kappa shape index (κ2) is 7.84. The number of benzene rings is 2. The molecule has 21 heavy (non-hydrogen) atoms. The predicted octanol–water partition coefficient (Wildman–Crippen LogP) is 4.34. The van der Waals surface area contributed by atoms with E-state index in [1.54, 1.807) is 0 Å². The van der Waals surface area contributed by atoms with Gasteiger partial charge in [0.25, 0.3) is 0 Å². The lowest BCUT2D eigenvalue weighted by Gasteiger charge is -2.28.